The minimum absolute atomic E-state index is 0.153. The molecule has 0 saturated carbocycles. The monoisotopic (exact) mass is 362 g/mol. The zero-order chi connectivity index (χ0) is 18.7. The number of ether oxygens (including phenoxy) is 2. The summed E-state index contributed by atoms with van der Waals surface area (Å²) in [5.74, 6) is -0.324. The van der Waals surface area contributed by atoms with Crippen LogP contribution in [0, 0.1) is 5.92 Å². The van der Waals surface area contributed by atoms with Crippen molar-refractivity contribution in [3.63, 3.8) is 0 Å². The van der Waals surface area contributed by atoms with E-state index in [1.807, 2.05) is 44.2 Å². The average Bonchev–Trinajstić information content (AvgIpc) is 2.99. The van der Waals surface area contributed by atoms with Gasteiger partial charge in [0, 0.05) is 6.54 Å². The fraction of sp³-hybridized carbons (Fsp3) is 0.579. The number of benzene rings is 1. The molecule has 1 aromatic rings. The second-order valence-corrected chi connectivity index (χ2v) is 7.26. The number of carbonyl (C=O) groups is 2. The number of morpholine rings is 1. The zero-order valence-corrected chi connectivity index (χ0v) is 15.1. The molecule has 0 radical (unpaired) electrons. The number of fused-ring (bicyclic) bond motifs is 2. The predicted molar refractivity (Wildman–Crippen MR) is 93.9 cm³/mol. The van der Waals surface area contributed by atoms with Gasteiger partial charge in [0.1, 0.15) is 0 Å². The van der Waals surface area contributed by atoms with Gasteiger partial charge in [-0.25, -0.2) is 0 Å². The Labute approximate surface area is 153 Å². The number of aliphatic hydroxyl groups excluding tert-OH is 1. The Kier molecular flexibility index (Phi) is 5.90. The van der Waals surface area contributed by atoms with Crippen molar-refractivity contribution >= 4 is 11.8 Å². The van der Waals surface area contributed by atoms with E-state index in [4.69, 9.17) is 9.47 Å². The zero-order valence-electron chi connectivity index (χ0n) is 15.1. The minimum Gasteiger partial charge on any atom is -0.394 e. The minimum atomic E-state index is -0.977. The van der Waals surface area contributed by atoms with Gasteiger partial charge in [-0.05, 0) is 17.9 Å². The van der Waals surface area contributed by atoms with Crippen molar-refractivity contribution in [2.24, 2.45) is 5.92 Å². The van der Waals surface area contributed by atoms with Gasteiger partial charge in [0.15, 0.2) is 18.5 Å². The van der Waals surface area contributed by atoms with Crippen LogP contribution in [0.4, 0.5) is 0 Å². The number of carbonyl (C=O) groups excluding carboxylic acids is 2. The van der Waals surface area contributed by atoms with Gasteiger partial charge < -0.3 is 24.8 Å². The molecule has 7 heteroatoms. The molecule has 3 rings (SSSR count). The number of nitrogens with zero attached hydrogens (tertiary/aromatic N) is 1. The van der Waals surface area contributed by atoms with Crippen molar-refractivity contribution in [2.45, 2.75) is 51.4 Å². The second kappa shape index (κ2) is 8.16. The quantitative estimate of drug-likeness (QED) is 0.744. The Bertz CT molecular complexity index is 636. The normalized spacial score (nSPS) is 26.2. The third-order valence-corrected chi connectivity index (χ3v) is 4.59. The Morgan fingerprint density at radius 3 is 2.69 bits per heavy atom. The van der Waals surface area contributed by atoms with E-state index in [0.29, 0.717) is 25.4 Å². The number of aliphatic hydroxyl groups is 1. The van der Waals surface area contributed by atoms with Gasteiger partial charge in [-0.2, -0.15) is 0 Å². The van der Waals surface area contributed by atoms with E-state index in [-0.39, 0.29) is 18.6 Å². The molecular formula is C19H26N2O5. The summed E-state index contributed by atoms with van der Waals surface area (Å²) < 4.78 is 11.2. The molecule has 2 saturated heterocycles. The lowest BCUT2D eigenvalue weighted by Crippen LogP contribution is -2.52. The molecule has 1 aromatic carbocycles. The highest BCUT2D eigenvalue weighted by molar-refractivity contribution is 5.92. The van der Waals surface area contributed by atoms with E-state index in [0.717, 1.165) is 5.56 Å². The second-order valence-electron chi connectivity index (χ2n) is 7.26. The van der Waals surface area contributed by atoms with Crippen LogP contribution in [0.5, 0.6) is 0 Å². The Morgan fingerprint density at radius 2 is 2.04 bits per heavy atom. The molecule has 4 atom stereocenters. The fourth-order valence-electron chi connectivity index (χ4n) is 3.40. The molecule has 7 nitrogen and oxygen atoms in total. The molecule has 2 bridgehead atoms. The molecule has 2 aliphatic heterocycles. The molecule has 142 valence electrons. The number of amides is 2. The molecule has 2 amide bonds. The maximum Gasteiger partial charge on any atom is 0.255 e. The molecule has 0 aromatic heterocycles. The van der Waals surface area contributed by atoms with Crippen LogP contribution >= 0.6 is 0 Å². The molecule has 2 fully saturated rings. The van der Waals surface area contributed by atoms with Gasteiger partial charge in [-0.3, -0.25) is 9.59 Å². The van der Waals surface area contributed by atoms with Gasteiger partial charge in [0.25, 0.3) is 11.8 Å². The van der Waals surface area contributed by atoms with Crippen LogP contribution in [0.3, 0.4) is 0 Å². The largest absolute Gasteiger partial charge is 0.394 e. The summed E-state index contributed by atoms with van der Waals surface area (Å²) in [5.41, 5.74) is 1.01. The summed E-state index contributed by atoms with van der Waals surface area (Å²) >= 11 is 0. The molecular weight excluding hydrogens is 336 g/mol. The van der Waals surface area contributed by atoms with Crippen LogP contribution in [-0.4, -0.2) is 59.5 Å². The van der Waals surface area contributed by atoms with E-state index >= 15 is 0 Å². The molecule has 1 unspecified atom stereocenters. The number of nitrogens with one attached hydrogen (secondary N) is 1. The lowest BCUT2D eigenvalue weighted by atomic mass is 10.0. The standard InChI is InChI=1S/C19H26N2O5/c1-12(2)8-14(11-22)20-18(23)16-17-19(24)21(10-15(25-16)26-17)9-13-6-4-3-5-7-13/h3-7,12,14-17,22H,8-11H2,1-2H3,(H,20,23)/t14-,15-,16?,17-/m1/s1. The molecule has 0 aliphatic carbocycles. The van der Waals surface area contributed by atoms with Crippen molar-refractivity contribution in [1.82, 2.24) is 10.2 Å². The van der Waals surface area contributed by atoms with Crippen molar-refractivity contribution < 1.29 is 24.2 Å². The van der Waals surface area contributed by atoms with Crippen LogP contribution in [0.15, 0.2) is 30.3 Å². The first kappa shape index (κ1) is 18.8. The van der Waals surface area contributed by atoms with Crippen molar-refractivity contribution in [2.75, 3.05) is 13.2 Å². The molecule has 2 heterocycles. The topological polar surface area (TPSA) is 88.1 Å². The molecule has 2 aliphatic rings. The Balaban J connectivity index is 1.63. The lowest BCUT2D eigenvalue weighted by molar-refractivity contribution is -0.162. The van der Waals surface area contributed by atoms with Crippen molar-refractivity contribution in [3.8, 4) is 0 Å². The first-order valence-corrected chi connectivity index (χ1v) is 9.02. The lowest BCUT2D eigenvalue weighted by Gasteiger charge is -2.30. The van der Waals surface area contributed by atoms with E-state index in [1.165, 1.54) is 0 Å². The fourth-order valence-corrected chi connectivity index (χ4v) is 3.40. The highest BCUT2D eigenvalue weighted by atomic mass is 16.7. The van der Waals surface area contributed by atoms with E-state index in [2.05, 4.69) is 5.32 Å². The van der Waals surface area contributed by atoms with Crippen molar-refractivity contribution in [1.29, 1.82) is 0 Å². The number of hydrogen-bond acceptors (Lipinski definition) is 5. The van der Waals surface area contributed by atoms with Crippen LogP contribution in [0.25, 0.3) is 0 Å². The first-order valence-electron chi connectivity index (χ1n) is 9.02. The van der Waals surface area contributed by atoms with Gasteiger partial charge in [0.2, 0.25) is 0 Å². The SMILES string of the molecule is CC(C)C[C@H](CO)NC(=O)C1O[C@H]2CN(Cc3ccccc3)C(=O)[C@@H]1O2. The Hall–Kier alpha value is -1.96. The maximum atomic E-state index is 12.7. The van der Waals surface area contributed by atoms with Gasteiger partial charge in [-0.1, -0.05) is 44.2 Å². The maximum absolute atomic E-state index is 12.7. The summed E-state index contributed by atoms with van der Waals surface area (Å²) in [6.07, 6.45) is -1.86. The van der Waals surface area contributed by atoms with Crippen molar-refractivity contribution in [3.05, 3.63) is 35.9 Å². The number of hydrogen-bond donors (Lipinski definition) is 2. The van der Waals surface area contributed by atoms with Crippen LogP contribution in [0.1, 0.15) is 25.8 Å². The molecule has 26 heavy (non-hydrogen) atoms. The average molecular weight is 362 g/mol. The summed E-state index contributed by atoms with van der Waals surface area (Å²) in [4.78, 5) is 26.9. The molecule has 0 spiro atoms. The number of rotatable bonds is 7. The van der Waals surface area contributed by atoms with Gasteiger partial charge in [-0.15, -0.1) is 0 Å². The smallest absolute Gasteiger partial charge is 0.255 e. The van der Waals surface area contributed by atoms with Gasteiger partial charge >= 0.3 is 0 Å². The van der Waals surface area contributed by atoms with Crippen LogP contribution < -0.4 is 5.32 Å². The van der Waals surface area contributed by atoms with Gasteiger partial charge in [0.05, 0.1) is 19.2 Å². The highest BCUT2D eigenvalue weighted by Gasteiger charge is 2.51. The summed E-state index contributed by atoms with van der Waals surface area (Å²) in [5, 5.41) is 12.2. The van der Waals surface area contributed by atoms with E-state index in [1.54, 1.807) is 4.90 Å². The summed E-state index contributed by atoms with van der Waals surface area (Å²) in [6.45, 7) is 4.63. The summed E-state index contributed by atoms with van der Waals surface area (Å²) in [6, 6.07) is 9.31. The first-order chi connectivity index (χ1) is 12.5. The van der Waals surface area contributed by atoms with Crippen LogP contribution in [-0.2, 0) is 25.6 Å². The van der Waals surface area contributed by atoms with E-state index < -0.39 is 24.4 Å². The third kappa shape index (κ3) is 4.23. The van der Waals surface area contributed by atoms with Crippen LogP contribution in [0.2, 0.25) is 0 Å². The summed E-state index contributed by atoms with van der Waals surface area (Å²) in [7, 11) is 0. The van der Waals surface area contributed by atoms with E-state index in [9.17, 15) is 14.7 Å². The highest BCUT2D eigenvalue weighted by Crippen LogP contribution is 2.28. The molecule has 2 N–H and O–H groups in total. The predicted octanol–water partition coefficient (Wildman–Crippen LogP) is 0.662. The Morgan fingerprint density at radius 1 is 1.31 bits per heavy atom. The third-order valence-electron chi connectivity index (χ3n) is 4.59.